The summed E-state index contributed by atoms with van der Waals surface area (Å²) in [5.41, 5.74) is 3.14. The summed E-state index contributed by atoms with van der Waals surface area (Å²) in [6.07, 6.45) is 3.54. The lowest BCUT2D eigenvalue weighted by molar-refractivity contribution is -0.139. The molecular weight excluding hydrogens is 278 g/mol. The summed E-state index contributed by atoms with van der Waals surface area (Å²) in [5, 5.41) is 1.12. The molecule has 0 saturated carbocycles. The number of hydrogen-bond donors (Lipinski definition) is 0. The third-order valence-electron chi connectivity index (χ3n) is 4.59. The van der Waals surface area contributed by atoms with Gasteiger partial charge in [-0.2, -0.15) is 0 Å². The molecule has 1 aromatic carbocycles. The summed E-state index contributed by atoms with van der Waals surface area (Å²) in [6, 6.07) is 8.03. The molecule has 2 atom stereocenters. The van der Waals surface area contributed by atoms with Crippen molar-refractivity contribution in [3.8, 4) is 0 Å². The van der Waals surface area contributed by atoms with Crippen LogP contribution in [0, 0.1) is 6.92 Å². The standard InChI is InChI=1S/C18H19NO3/c1-11-12-6-4-5-7-14(12)19-16(20)9-8-13(17(11)19)15-10-21-18(2,3)22-15/h4-9,13,15H,10H2,1-3H3/t13-,15?/m0/s1. The Labute approximate surface area is 129 Å². The quantitative estimate of drug-likeness (QED) is 0.810. The molecule has 0 spiro atoms. The lowest BCUT2D eigenvalue weighted by atomic mass is 9.93. The third kappa shape index (κ3) is 1.87. The Morgan fingerprint density at radius 2 is 2.05 bits per heavy atom. The highest BCUT2D eigenvalue weighted by Crippen LogP contribution is 2.39. The summed E-state index contributed by atoms with van der Waals surface area (Å²) < 4.78 is 13.6. The number of aromatic nitrogens is 1. The maximum absolute atomic E-state index is 12.4. The number of ether oxygens (including phenoxy) is 2. The van der Waals surface area contributed by atoms with Crippen LogP contribution in [0.2, 0.25) is 0 Å². The molecule has 22 heavy (non-hydrogen) atoms. The zero-order chi connectivity index (χ0) is 15.5. The maximum Gasteiger partial charge on any atom is 0.255 e. The zero-order valence-corrected chi connectivity index (χ0v) is 13.0. The summed E-state index contributed by atoms with van der Waals surface area (Å²) in [4.78, 5) is 12.4. The molecule has 1 aromatic heterocycles. The van der Waals surface area contributed by atoms with Crippen molar-refractivity contribution in [2.75, 3.05) is 6.61 Å². The predicted octanol–water partition coefficient (Wildman–Crippen LogP) is 3.39. The molecule has 4 rings (SSSR count). The second kappa shape index (κ2) is 4.54. The van der Waals surface area contributed by atoms with Gasteiger partial charge in [0.15, 0.2) is 5.79 Å². The third-order valence-corrected chi connectivity index (χ3v) is 4.59. The van der Waals surface area contributed by atoms with E-state index in [4.69, 9.17) is 9.47 Å². The Kier molecular flexibility index (Phi) is 2.83. The number of benzene rings is 1. The Morgan fingerprint density at radius 3 is 2.77 bits per heavy atom. The van der Waals surface area contributed by atoms with Crippen molar-refractivity contribution in [1.29, 1.82) is 0 Å². The number of fused-ring (bicyclic) bond motifs is 3. The van der Waals surface area contributed by atoms with Gasteiger partial charge in [0, 0.05) is 23.1 Å². The van der Waals surface area contributed by atoms with E-state index in [2.05, 4.69) is 13.0 Å². The minimum absolute atomic E-state index is 0.00808. The van der Waals surface area contributed by atoms with Gasteiger partial charge < -0.3 is 9.47 Å². The van der Waals surface area contributed by atoms with E-state index in [0.29, 0.717) is 6.61 Å². The molecule has 0 N–H and O–H groups in total. The van der Waals surface area contributed by atoms with Gasteiger partial charge >= 0.3 is 0 Å². The first-order valence-electron chi connectivity index (χ1n) is 7.62. The van der Waals surface area contributed by atoms with Crippen LogP contribution in [0.15, 0.2) is 36.4 Å². The second-order valence-electron chi connectivity index (χ2n) is 6.45. The molecule has 0 amide bonds. The molecule has 2 aliphatic heterocycles. The van der Waals surface area contributed by atoms with Crippen LogP contribution >= 0.6 is 0 Å². The van der Waals surface area contributed by atoms with Gasteiger partial charge in [0.2, 0.25) is 0 Å². The van der Waals surface area contributed by atoms with Crippen LogP contribution in [-0.2, 0) is 9.47 Å². The largest absolute Gasteiger partial charge is 0.348 e. The zero-order valence-electron chi connectivity index (χ0n) is 13.0. The molecule has 114 valence electrons. The average molecular weight is 297 g/mol. The Hall–Kier alpha value is -1.91. The summed E-state index contributed by atoms with van der Waals surface area (Å²) in [6.45, 7) is 6.46. The van der Waals surface area contributed by atoms with Crippen LogP contribution in [0.25, 0.3) is 10.9 Å². The first kappa shape index (κ1) is 13.7. The van der Waals surface area contributed by atoms with E-state index < -0.39 is 5.79 Å². The second-order valence-corrected chi connectivity index (χ2v) is 6.45. The molecule has 2 aromatic rings. The Balaban J connectivity index is 1.89. The van der Waals surface area contributed by atoms with Crippen LogP contribution in [0.1, 0.15) is 35.8 Å². The van der Waals surface area contributed by atoms with Crippen molar-refractivity contribution < 1.29 is 14.3 Å². The number of carbonyl (C=O) groups is 1. The topological polar surface area (TPSA) is 40.5 Å². The number of allylic oxidation sites excluding steroid dienone is 1. The number of nitrogens with zero attached hydrogens (tertiary/aromatic N) is 1. The Bertz CT molecular complexity index is 800. The summed E-state index contributed by atoms with van der Waals surface area (Å²) >= 11 is 0. The number of carbonyl (C=O) groups excluding carboxylic acids is 1. The fraction of sp³-hybridized carbons (Fsp3) is 0.389. The molecule has 2 aliphatic rings. The number of aryl methyl sites for hydroxylation is 1. The van der Waals surface area contributed by atoms with Crippen LogP contribution in [-0.4, -0.2) is 29.0 Å². The van der Waals surface area contributed by atoms with E-state index in [1.807, 2.05) is 42.7 Å². The van der Waals surface area contributed by atoms with Crippen molar-refractivity contribution in [2.45, 2.75) is 38.6 Å². The van der Waals surface area contributed by atoms with Gasteiger partial charge in [0.05, 0.1) is 18.2 Å². The SMILES string of the molecule is Cc1c2n(c3ccccc13)C(=O)C=C[C@H]2C1COC(C)(C)O1. The maximum atomic E-state index is 12.4. The monoisotopic (exact) mass is 297 g/mol. The van der Waals surface area contributed by atoms with Gasteiger partial charge in [0.1, 0.15) is 0 Å². The van der Waals surface area contributed by atoms with Crippen molar-refractivity contribution >= 4 is 16.8 Å². The van der Waals surface area contributed by atoms with Gasteiger partial charge in [0.25, 0.3) is 5.91 Å². The highest BCUT2D eigenvalue weighted by molar-refractivity contribution is 6.02. The molecule has 4 heteroatoms. The van der Waals surface area contributed by atoms with Crippen molar-refractivity contribution in [2.24, 2.45) is 0 Å². The normalized spacial score (nSPS) is 26.6. The van der Waals surface area contributed by atoms with Crippen molar-refractivity contribution in [3.63, 3.8) is 0 Å². The molecule has 3 heterocycles. The van der Waals surface area contributed by atoms with E-state index in [0.717, 1.165) is 22.2 Å². The lowest BCUT2D eigenvalue weighted by Gasteiger charge is -2.26. The lowest BCUT2D eigenvalue weighted by Crippen LogP contribution is -2.29. The van der Waals surface area contributed by atoms with Gasteiger partial charge in [-0.05, 0) is 32.4 Å². The minimum atomic E-state index is -0.565. The van der Waals surface area contributed by atoms with Crippen LogP contribution in [0.4, 0.5) is 0 Å². The van der Waals surface area contributed by atoms with Crippen LogP contribution < -0.4 is 0 Å². The molecule has 1 saturated heterocycles. The molecule has 1 fully saturated rings. The fourth-order valence-electron chi connectivity index (χ4n) is 3.60. The van der Waals surface area contributed by atoms with Gasteiger partial charge in [-0.1, -0.05) is 24.3 Å². The van der Waals surface area contributed by atoms with E-state index >= 15 is 0 Å². The van der Waals surface area contributed by atoms with E-state index in [1.165, 1.54) is 0 Å². The molecule has 1 unspecified atom stereocenters. The average Bonchev–Trinajstić information content (AvgIpc) is 3.00. The first-order valence-corrected chi connectivity index (χ1v) is 7.62. The molecule has 0 bridgehead atoms. The predicted molar refractivity (Wildman–Crippen MR) is 84.1 cm³/mol. The van der Waals surface area contributed by atoms with E-state index in [1.54, 1.807) is 6.08 Å². The van der Waals surface area contributed by atoms with Crippen molar-refractivity contribution in [3.05, 3.63) is 47.7 Å². The highest BCUT2D eigenvalue weighted by Gasteiger charge is 2.40. The summed E-state index contributed by atoms with van der Waals surface area (Å²) in [7, 11) is 0. The minimum Gasteiger partial charge on any atom is -0.348 e. The van der Waals surface area contributed by atoms with Gasteiger partial charge in [-0.25, -0.2) is 0 Å². The first-order chi connectivity index (χ1) is 10.5. The number of rotatable bonds is 1. The van der Waals surface area contributed by atoms with Crippen molar-refractivity contribution in [1.82, 2.24) is 4.57 Å². The number of para-hydroxylation sites is 1. The number of hydrogen-bond acceptors (Lipinski definition) is 3. The van der Waals surface area contributed by atoms with Gasteiger partial charge in [-0.15, -0.1) is 0 Å². The molecule has 0 radical (unpaired) electrons. The fourth-order valence-corrected chi connectivity index (χ4v) is 3.60. The molecule has 4 nitrogen and oxygen atoms in total. The summed E-state index contributed by atoms with van der Waals surface area (Å²) in [5.74, 6) is -0.523. The Morgan fingerprint density at radius 1 is 1.27 bits per heavy atom. The van der Waals surface area contributed by atoms with E-state index in [-0.39, 0.29) is 17.9 Å². The smallest absolute Gasteiger partial charge is 0.255 e. The van der Waals surface area contributed by atoms with E-state index in [9.17, 15) is 4.79 Å². The molecule has 0 aliphatic carbocycles. The van der Waals surface area contributed by atoms with Gasteiger partial charge in [-0.3, -0.25) is 9.36 Å². The van der Waals surface area contributed by atoms with Crippen LogP contribution in [0.5, 0.6) is 0 Å². The van der Waals surface area contributed by atoms with Crippen LogP contribution in [0.3, 0.4) is 0 Å². The molecular formula is C18H19NO3. The highest BCUT2D eigenvalue weighted by atomic mass is 16.7.